The zero-order chi connectivity index (χ0) is 20.9. The van der Waals surface area contributed by atoms with Crippen molar-refractivity contribution in [3.8, 4) is 5.69 Å². The number of aromatic carboxylic acids is 1. The number of hydrogen-bond donors (Lipinski definition) is 1. The quantitative estimate of drug-likeness (QED) is 0.518. The SMILES string of the molecule is O=C(O)c1cccc(N2CC3(CN(c4ccccc4[N+](=O)[O-])C3)C2)c1-n1cccc1. The molecule has 2 saturated heterocycles. The van der Waals surface area contributed by atoms with E-state index in [2.05, 4.69) is 9.80 Å². The number of nitro groups is 1. The van der Waals surface area contributed by atoms with Crippen molar-refractivity contribution in [1.82, 2.24) is 4.57 Å². The van der Waals surface area contributed by atoms with Crippen molar-refractivity contribution in [2.75, 3.05) is 36.0 Å². The summed E-state index contributed by atoms with van der Waals surface area (Å²) in [4.78, 5) is 27.0. The largest absolute Gasteiger partial charge is 0.478 e. The summed E-state index contributed by atoms with van der Waals surface area (Å²) in [6.45, 7) is 3.10. The highest BCUT2D eigenvalue weighted by atomic mass is 16.6. The van der Waals surface area contributed by atoms with Crippen molar-refractivity contribution in [1.29, 1.82) is 0 Å². The van der Waals surface area contributed by atoms with Crippen LogP contribution >= 0.6 is 0 Å². The van der Waals surface area contributed by atoms with Gasteiger partial charge in [-0.1, -0.05) is 18.2 Å². The number of carbonyl (C=O) groups is 1. The lowest BCUT2D eigenvalue weighted by molar-refractivity contribution is -0.384. The fourth-order valence-electron chi connectivity index (χ4n) is 4.67. The van der Waals surface area contributed by atoms with Crippen LogP contribution in [-0.2, 0) is 0 Å². The van der Waals surface area contributed by atoms with E-state index in [1.54, 1.807) is 24.3 Å². The minimum absolute atomic E-state index is 0.0803. The number of rotatable bonds is 5. The highest BCUT2D eigenvalue weighted by Gasteiger charge is 2.53. The second-order valence-corrected chi connectivity index (χ2v) is 8.03. The Morgan fingerprint density at radius 1 is 0.900 bits per heavy atom. The maximum atomic E-state index is 11.8. The van der Waals surface area contributed by atoms with Crippen LogP contribution in [0.4, 0.5) is 17.1 Å². The third-order valence-corrected chi connectivity index (χ3v) is 5.97. The predicted molar refractivity (Wildman–Crippen MR) is 113 cm³/mol. The van der Waals surface area contributed by atoms with E-state index in [4.69, 9.17) is 0 Å². The highest BCUT2D eigenvalue weighted by Crippen LogP contribution is 2.46. The Hall–Kier alpha value is -3.81. The molecule has 152 valence electrons. The molecule has 0 saturated carbocycles. The first-order valence-electron chi connectivity index (χ1n) is 9.70. The van der Waals surface area contributed by atoms with Crippen molar-refractivity contribution < 1.29 is 14.8 Å². The van der Waals surface area contributed by atoms with E-state index in [1.165, 1.54) is 6.07 Å². The minimum Gasteiger partial charge on any atom is -0.478 e. The van der Waals surface area contributed by atoms with Crippen LogP contribution in [0.5, 0.6) is 0 Å². The van der Waals surface area contributed by atoms with Gasteiger partial charge < -0.3 is 19.5 Å². The number of hydrogen-bond acceptors (Lipinski definition) is 5. The molecule has 0 bridgehead atoms. The van der Waals surface area contributed by atoms with E-state index < -0.39 is 5.97 Å². The number of anilines is 2. The van der Waals surface area contributed by atoms with Gasteiger partial charge in [0.15, 0.2) is 0 Å². The molecule has 3 heterocycles. The number of carboxylic acid groups (broad SMARTS) is 1. The minimum atomic E-state index is -0.956. The molecule has 1 spiro atoms. The second-order valence-electron chi connectivity index (χ2n) is 8.03. The zero-order valence-corrected chi connectivity index (χ0v) is 16.1. The molecule has 2 aliphatic heterocycles. The van der Waals surface area contributed by atoms with Crippen LogP contribution in [0.25, 0.3) is 5.69 Å². The van der Waals surface area contributed by atoms with E-state index in [0.717, 1.165) is 31.9 Å². The average molecular weight is 404 g/mol. The average Bonchev–Trinajstić information content (AvgIpc) is 3.20. The molecule has 2 fully saturated rings. The first-order valence-corrected chi connectivity index (χ1v) is 9.70. The van der Waals surface area contributed by atoms with Gasteiger partial charge in [0.1, 0.15) is 5.69 Å². The lowest BCUT2D eigenvalue weighted by Crippen LogP contribution is -2.72. The summed E-state index contributed by atoms with van der Waals surface area (Å²) in [7, 11) is 0. The van der Waals surface area contributed by atoms with Gasteiger partial charge in [-0.3, -0.25) is 10.1 Å². The molecule has 1 aromatic heterocycles. The Balaban J connectivity index is 1.36. The summed E-state index contributed by atoms with van der Waals surface area (Å²) in [5.74, 6) is -0.956. The van der Waals surface area contributed by atoms with Crippen LogP contribution in [0.15, 0.2) is 67.0 Å². The van der Waals surface area contributed by atoms with Gasteiger partial charge >= 0.3 is 5.97 Å². The normalized spacial score (nSPS) is 16.8. The third-order valence-electron chi connectivity index (χ3n) is 5.97. The van der Waals surface area contributed by atoms with E-state index in [1.807, 2.05) is 41.2 Å². The fraction of sp³-hybridized carbons (Fsp3) is 0.227. The second kappa shape index (κ2) is 6.62. The Labute approximate surface area is 172 Å². The molecule has 30 heavy (non-hydrogen) atoms. The molecule has 0 amide bonds. The lowest BCUT2D eigenvalue weighted by atomic mass is 9.72. The van der Waals surface area contributed by atoms with Crippen LogP contribution in [0.1, 0.15) is 10.4 Å². The number of para-hydroxylation sites is 3. The van der Waals surface area contributed by atoms with Crippen LogP contribution < -0.4 is 9.80 Å². The molecule has 8 heteroatoms. The molecule has 8 nitrogen and oxygen atoms in total. The summed E-state index contributed by atoms with van der Waals surface area (Å²) >= 11 is 0. The third kappa shape index (κ3) is 2.80. The number of nitrogens with zero attached hydrogens (tertiary/aromatic N) is 4. The van der Waals surface area contributed by atoms with Crippen LogP contribution in [0.2, 0.25) is 0 Å². The number of nitro benzene ring substituents is 1. The summed E-state index contributed by atoms with van der Waals surface area (Å²) in [6.07, 6.45) is 3.70. The molecular weight excluding hydrogens is 384 g/mol. The Morgan fingerprint density at radius 2 is 1.50 bits per heavy atom. The van der Waals surface area contributed by atoms with Crippen LogP contribution in [0.3, 0.4) is 0 Å². The molecule has 2 aromatic carbocycles. The topological polar surface area (TPSA) is 91.8 Å². The van der Waals surface area contributed by atoms with Gasteiger partial charge in [-0.15, -0.1) is 0 Å². The van der Waals surface area contributed by atoms with Crippen LogP contribution in [0, 0.1) is 15.5 Å². The summed E-state index contributed by atoms with van der Waals surface area (Å²) in [6, 6.07) is 15.9. The predicted octanol–water partition coefficient (Wildman–Crippen LogP) is 3.41. The maximum Gasteiger partial charge on any atom is 0.337 e. The fourth-order valence-corrected chi connectivity index (χ4v) is 4.67. The van der Waals surface area contributed by atoms with Crippen molar-refractivity contribution in [2.24, 2.45) is 5.41 Å². The summed E-state index contributed by atoms with van der Waals surface area (Å²) in [5, 5.41) is 21.0. The molecule has 0 unspecified atom stereocenters. The van der Waals surface area contributed by atoms with Crippen molar-refractivity contribution in [3.05, 3.63) is 82.7 Å². The first-order chi connectivity index (χ1) is 14.5. The van der Waals surface area contributed by atoms with E-state index >= 15 is 0 Å². The van der Waals surface area contributed by atoms with Gasteiger partial charge in [0.25, 0.3) is 5.69 Å². The zero-order valence-electron chi connectivity index (χ0n) is 16.1. The summed E-state index contributed by atoms with van der Waals surface area (Å²) in [5.41, 5.74) is 2.69. The summed E-state index contributed by atoms with van der Waals surface area (Å²) < 4.78 is 1.84. The molecular formula is C22H20N4O4. The van der Waals surface area contributed by atoms with Gasteiger partial charge in [0.05, 0.1) is 21.9 Å². The van der Waals surface area contributed by atoms with Gasteiger partial charge in [-0.2, -0.15) is 0 Å². The molecule has 0 radical (unpaired) electrons. The van der Waals surface area contributed by atoms with Crippen molar-refractivity contribution in [2.45, 2.75) is 0 Å². The van der Waals surface area contributed by atoms with Gasteiger partial charge in [0, 0.05) is 50.1 Å². The van der Waals surface area contributed by atoms with Gasteiger partial charge in [-0.25, -0.2) is 4.79 Å². The number of carboxylic acids is 1. The molecule has 3 aromatic rings. The number of aromatic nitrogens is 1. The Bertz CT molecular complexity index is 1130. The first kappa shape index (κ1) is 18.2. The Morgan fingerprint density at radius 3 is 2.13 bits per heavy atom. The molecule has 2 aliphatic rings. The standard InChI is InChI=1S/C22H20N4O4/c27-21(28)16-6-5-9-19(20(16)23-10-3-4-11-23)25-14-22(15-25)12-24(13-22)17-7-1-2-8-18(17)26(29)30/h1-11H,12-15H2,(H,27,28). The molecule has 5 rings (SSSR count). The van der Waals surface area contributed by atoms with Crippen molar-refractivity contribution >= 4 is 23.0 Å². The highest BCUT2D eigenvalue weighted by molar-refractivity contribution is 5.95. The van der Waals surface area contributed by atoms with Gasteiger partial charge in [0.2, 0.25) is 0 Å². The molecule has 0 aliphatic carbocycles. The number of benzene rings is 2. The maximum absolute atomic E-state index is 11.8. The Kier molecular flexibility index (Phi) is 4.02. The lowest BCUT2D eigenvalue weighted by Gasteiger charge is -2.61. The van der Waals surface area contributed by atoms with E-state index in [9.17, 15) is 20.0 Å². The van der Waals surface area contributed by atoms with Gasteiger partial charge in [-0.05, 0) is 30.3 Å². The van der Waals surface area contributed by atoms with E-state index in [-0.39, 0.29) is 21.6 Å². The van der Waals surface area contributed by atoms with E-state index in [0.29, 0.717) is 11.4 Å². The molecule has 1 N–H and O–H groups in total. The molecule has 0 atom stereocenters. The van der Waals surface area contributed by atoms with Crippen LogP contribution in [-0.4, -0.2) is 46.7 Å². The van der Waals surface area contributed by atoms with Crippen molar-refractivity contribution in [3.63, 3.8) is 0 Å². The smallest absolute Gasteiger partial charge is 0.337 e. The monoisotopic (exact) mass is 404 g/mol.